The van der Waals surface area contributed by atoms with Crippen molar-refractivity contribution in [3.05, 3.63) is 29.8 Å². The van der Waals surface area contributed by atoms with Gasteiger partial charge < -0.3 is 20.3 Å². The zero-order valence-corrected chi connectivity index (χ0v) is 10.6. The molecule has 0 aliphatic rings. The zero-order chi connectivity index (χ0) is 13.5. The van der Waals surface area contributed by atoms with Gasteiger partial charge in [0.25, 0.3) is 5.91 Å². The lowest BCUT2D eigenvalue weighted by atomic mass is 10.2. The molecule has 3 N–H and O–H groups in total. The van der Waals surface area contributed by atoms with Crippen molar-refractivity contribution in [3.8, 4) is 5.75 Å². The van der Waals surface area contributed by atoms with Crippen LogP contribution < -0.4 is 10.1 Å². The van der Waals surface area contributed by atoms with E-state index in [9.17, 15) is 4.79 Å². The van der Waals surface area contributed by atoms with Crippen molar-refractivity contribution in [2.24, 2.45) is 0 Å². The first-order chi connectivity index (χ1) is 8.56. The van der Waals surface area contributed by atoms with Gasteiger partial charge in [0, 0.05) is 5.56 Å². The Hall–Kier alpha value is -1.59. The molecule has 1 aromatic rings. The van der Waals surface area contributed by atoms with Crippen molar-refractivity contribution >= 4 is 5.91 Å². The molecule has 0 atom stereocenters. The molecule has 0 aromatic heterocycles. The molecule has 0 heterocycles. The van der Waals surface area contributed by atoms with E-state index >= 15 is 0 Å². The van der Waals surface area contributed by atoms with E-state index in [1.54, 1.807) is 24.3 Å². The Morgan fingerprint density at radius 1 is 1.33 bits per heavy atom. The molecule has 0 radical (unpaired) electrons. The molecule has 100 valence electrons. The van der Waals surface area contributed by atoms with Crippen LogP contribution in [0.15, 0.2) is 24.3 Å². The topological polar surface area (TPSA) is 78.8 Å². The second-order valence-corrected chi connectivity index (χ2v) is 4.23. The zero-order valence-electron chi connectivity index (χ0n) is 10.6. The van der Waals surface area contributed by atoms with Crippen LogP contribution in [0.3, 0.4) is 0 Å². The van der Waals surface area contributed by atoms with Gasteiger partial charge in [-0.05, 0) is 32.0 Å². The van der Waals surface area contributed by atoms with Gasteiger partial charge in [0.1, 0.15) is 5.75 Å². The summed E-state index contributed by atoms with van der Waals surface area (Å²) in [6.45, 7) is 3.20. The number of carbonyl (C=O) groups is 1. The van der Waals surface area contributed by atoms with E-state index in [1.165, 1.54) is 0 Å². The second-order valence-electron chi connectivity index (χ2n) is 4.23. The molecule has 0 unspecified atom stereocenters. The first kappa shape index (κ1) is 14.5. The van der Waals surface area contributed by atoms with E-state index in [4.69, 9.17) is 14.9 Å². The number of aliphatic hydroxyl groups is 2. The first-order valence-electron chi connectivity index (χ1n) is 5.86. The highest BCUT2D eigenvalue weighted by Gasteiger charge is 2.12. The van der Waals surface area contributed by atoms with Crippen LogP contribution in [0.25, 0.3) is 0 Å². The maximum atomic E-state index is 11.8. The molecule has 1 rings (SSSR count). The number of nitrogens with one attached hydrogen (secondary N) is 1. The first-order valence-corrected chi connectivity index (χ1v) is 5.86. The van der Waals surface area contributed by atoms with Crippen molar-refractivity contribution in [1.82, 2.24) is 5.32 Å². The predicted molar refractivity (Wildman–Crippen MR) is 67.6 cm³/mol. The summed E-state index contributed by atoms with van der Waals surface area (Å²) < 4.78 is 5.48. The maximum absolute atomic E-state index is 11.8. The van der Waals surface area contributed by atoms with Crippen LogP contribution in [0.4, 0.5) is 0 Å². The molecule has 0 fully saturated rings. The molecule has 0 aliphatic heterocycles. The number of aliphatic hydroxyl groups excluding tert-OH is 2. The Labute approximate surface area is 106 Å². The average Bonchev–Trinajstić information content (AvgIpc) is 2.35. The van der Waals surface area contributed by atoms with Crippen molar-refractivity contribution in [2.75, 3.05) is 13.2 Å². The Balaban J connectivity index is 2.73. The normalized spacial score (nSPS) is 10.8. The largest absolute Gasteiger partial charge is 0.491 e. The van der Waals surface area contributed by atoms with Crippen LogP contribution in [0.5, 0.6) is 5.75 Å². The predicted octanol–water partition coefficient (Wildman–Crippen LogP) is 0.557. The van der Waals surface area contributed by atoms with Gasteiger partial charge in [0.05, 0.1) is 25.4 Å². The molecule has 0 saturated heterocycles. The van der Waals surface area contributed by atoms with Crippen LogP contribution in [0.2, 0.25) is 0 Å². The minimum Gasteiger partial charge on any atom is -0.491 e. The summed E-state index contributed by atoms with van der Waals surface area (Å²) in [4.78, 5) is 11.8. The second kappa shape index (κ2) is 6.98. The molecule has 5 heteroatoms. The summed E-state index contributed by atoms with van der Waals surface area (Å²) in [5.74, 6) is 0.263. The quantitative estimate of drug-likeness (QED) is 0.692. The van der Waals surface area contributed by atoms with Crippen LogP contribution in [0.1, 0.15) is 24.2 Å². The highest BCUT2D eigenvalue weighted by Crippen LogP contribution is 2.14. The molecule has 0 spiro atoms. The Morgan fingerprint density at radius 3 is 2.56 bits per heavy atom. The monoisotopic (exact) mass is 253 g/mol. The van der Waals surface area contributed by atoms with E-state index < -0.39 is 6.04 Å². The lowest BCUT2D eigenvalue weighted by molar-refractivity contribution is 0.0878. The van der Waals surface area contributed by atoms with Crippen LogP contribution >= 0.6 is 0 Å². The van der Waals surface area contributed by atoms with Crippen molar-refractivity contribution in [3.63, 3.8) is 0 Å². The third kappa shape index (κ3) is 4.35. The number of ether oxygens (including phenoxy) is 1. The van der Waals surface area contributed by atoms with E-state index in [-0.39, 0.29) is 25.2 Å². The lowest BCUT2D eigenvalue weighted by Crippen LogP contribution is -2.40. The minimum absolute atomic E-state index is 0.0333. The van der Waals surface area contributed by atoms with Gasteiger partial charge in [0.2, 0.25) is 0 Å². The molecule has 0 aliphatic carbocycles. The van der Waals surface area contributed by atoms with Gasteiger partial charge in [-0.15, -0.1) is 0 Å². The van der Waals surface area contributed by atoms with Crippen molar-refractivity contribution in [1.29, 1.82) is 0 Å². The minimum atomic E-state index is -0.646. The van der Waals surface area contributed by atoms with E-state index in [1.807, 2.05) is 13.8 Å². The lowest BCUT2D eigenvalue weighted by Gasteiger charge is -2.14. The smallest absolute Gasteiger partial charge is 0.251 e. The van der Waals surface area contributed by atoms with E-state index in [2.05, 4.69) is 5.32 Å². The van der Waals surface area contributed by atoms with Crippen LogP contribution in [-0.2, 0) is 0 Å². The summed E-state index contributed by atoms with van der Waals surface area (Å²) in [6, 6.07) is 6.12. The summed E-state index contributed by atoms with van der Waals surface area (Å²) in [7, 11) is 0. The maximum Gasteiger partial charge on any atom is 0.251 e. The van der Waals surface area contributed by atoms with Crippen molar-refractivity contribution in [2.45, 2.75) is 26.0 Å². The Morgan fingerprint density at radius 2 is 2.00 bits per heavy atom. The Kier molecular flexibility index (Phi) is 5.61. The number of carbonyl (C=O) groups excluding carboxylic acids is 1. The standard InChI is InChI=1S/C13H19NO4/c1-9(2)18-12-5-3-4-10(6-12)13(17)14-11(7-15)8-16/h3-6,9,11,15-16H,7-8H2,1-2H3,(H,14,17). The number of amides is 1. The van der Waals surface area contributed by atoms with E-state index in [0.29, 0.717) is 11.3 Å². The summed E-state index contributed by atoms with van der Waals surface area (Å²) in [5, 5.41) is 20.3. The fraction of sp³-hybridized carbons (Fsp3) is 0.462. The van der Waals surface area contributed by atoms with Gasteiger partial charge in [-0.2, -0.15) is 0 Å². The number of benzene rings is 1. The Bertz CT molecular complexity index is 388. The average molecular weight is 253 g/mol. The molecule has 0 saturated carbocycles. The van der Waals surface area contributed by atoms with Gasteiger partial charge in [-0.3, -0.25) is 4.79 Å². The van der Waals surface area contributed by atoms with Gasteiger partial charge >= 0.3 is 0 Å². The van der Waals surface area contributed by atoms with Gasteiger partial charge in [-0.25, -0.2) is 0 Å². The number of hydrogen-bond acceptors (Lipinski definition) is 4. The summed E-state index contributed by atoms with van der Waals surface area (Å²) in [5.41, 5.74) is 0.431. The third-order valence-electron chi connectivity index (χ3n) is 2.24. The molecule has 1 amide bonds. The van der Waals surface area contributed by atoms with Gasteiger partial charge in [-0.1, -0.05) is 6.07 Å². The third-order valence-corrected chi connectivity index (χ3v) is 2.24. The van der Waals surface area contributed by atoms with Gasteiger partial charge in [0.15, 0.2) is 0 Å². The molecule has 0 bridgehead atoms. The fourth-order valence-corrected chi connectivity index (χ4v) is 1.40. The van der Waals surface area contributed by atoms with E-state index in [0.717, 1.165) is 0 Å². The highest BCUT2D eigenvalue weighted by molar-refractivity contribution is 5.94. The van der Waals surface area contributed by atoms with Crippen LogP contribution in [0, 0.1) is 0 Å². The molecular weight excluding hydrogens is 234 g/mol. The van der Waals surface area contributed by atoms with Crippen molar-refractivity contribution < 1.29 is 19.7 Å². The summed E-state index contributed by atoms with van der Waals surface area (Å²) in [6.07, 6.45) is 0.0333. The molecule has 18 heavy (non-hydrogen) atoms. The fourth-order valence-electron chi connectivity index (χ4n) is 1.40. The number of rotatable bonds is 6. The SMILES string of the molecule is CC(C)Oc1cccc(C(=O)NC(CO)CO)c1. The molecule has 1 aromatic carbocycles. The summed E-state index contributed by atoms with van der Waals surface area (Å²) >= 11 is 0. The molecule has 5 nitrogen and oxygen atoms in total. The number of hydrogen-bond donors (Lipinski definition) is 3. The molecular formula is C13H19NO4. The van der Waals surface area contributed by atoms with Crippen LogP contribution in [-0.4, -0.2) is 41.5 Å². The highest BCUT2D eigenvalue weighted by atomic mass is 16.5.